The summed E-state index contributed by atoms with van der Waals surface area (Å²) in [6.45, 7) is 10.8. The highest BCUT2D eigenvalue weighted by Crippen LogP contribution is 2.25. The quantitative estimate of drug-likeness (QED) is 0.878. The van der Waals surface area contributed by atoms with Crippen LogP contribution in [0.1, 0.15) is 34.7 Å². The number of benzene rings is 1. The van der Waals surface area contributed by atoms with Gasteiger partial charge < -0.3 is 10.1 Å². The number of hydrogen-bond acceptors (Lipinski definition) is 3. The van der Waals surface area contributed by atoms with Crippen LogP contribution in [0.25, 0.3) is 0 Å². The van der Waals surface area contributed by atoms with E-state index in [2.05, 4.69) is 49.3 Å². The fraction of sp³-hybridized carbons (Fsp3) is 0.389. The van der Waals surface area contributed by atoms with Gasteiger partial charge in [0.15, 0.2) is 0 Å². The van der Waals surface area contributed by atoms with Crippen LogP contribution in [-0.2, 0) is 13.2 Å². The lowest BCUT2D eigenvalue weighted by Gasteiger charge is -2.14. The van der Waals surface area contributed by atoms with Crippen LogP contribution in [0, 0.1) is 20.8 Å². The van der Waals surface area contributed by atoms with Gasteiger partial charge in [-0.05, 0) is 55.6 Å². The van der Waals surface area contributed by atoms with Crippen LogP contribution >= 0.6 is 0 Å². The van der Waals surface area contributed by atoms with Gasteiger partial charge in [-0.1, -0.05) is 19.1 Å². The van der Waals surface area contributed by atoms with Crippen molar-refractivity contribution in [3.63, 3.8) is 0 Å². The van der Waals surface area contributed by atoms with Crippen molar-refractivity contribution in [3.8, 4) is 5.75 Å². The Balaban J connectivity index is 2.09. The van der Waals surface area contributed by atoms with Gasteiger partial charge in [0.2, 0.25) is 0 Å². The summed E-state index contributed by atoms with van der Waals surface area (Å²) in [5.74, 6) is 0.983. The Morgan fingerprint density at radius 1 is 1.00 bits per heavy atom. The Morgan fingerprint density at radius 2 is 1.71 bits per heavy atom. The number of aromatic nitrogens is 1. The standard InChI is InChI=1S/C18H24N2O/c1-5-19-10-16-7-14(3)18(15(4)8-16)21-12-17-6-13(2)9-20-11-17/h6-9,11,19H,5,10,12H2,1-4H3. The van der Waals surface area contributed by atoms with Crippen molar-refractivity contribution in [2.24, 2.45) is 0 Å². The molecule has 0 aliphatic heterocycles. The third kappa shape index (κ3) is 4.30. The monoisotopic (exact) mass is 284 g/mol. The topological polar surface area (TPSA) is 34.1 Å². The molecule has 0 saturated carbocycles. The van der Waals surface area contributed by atoms with Crippen molar-refractivity contribution in [2.75, 3.05) is 6.54 Å². The van der Waals surface area contributed by atoms with E-state index < -0.39 is 0 Å². The van der Waals surface area contributed by atoms with E-state index in [-0.39, 0.29) is 0 Å². The molecule has 1 aromatic carbocycles. The largest absolute Gasteiger partial charge is 0.488 e. The summed E-state index contributed by atoms with van der Waals surface area (Å²) in [6, 6.07) is 6.50. The third-order valence-corrected chi connectivity index (χ3v) is 3.41. The molecule has 112 valence electrons. The highest BCUT2D eigenvalue weighted by Gasteiger charge is 2.07. The first-order chi connectivity index (χ1) is 10.1. The van der Waals surface area contributed by atoms with E-state index in [4.69, 9.17) is 4.74 Å². The average molecular weight is 284 g/mol. The smallest absolute Gasteiger partial charge is 0.125 e. The molecular weight excluding hydrogens is 260 g/mol. The van der Waals surface area contributed by atoms with Crippen LogP contribution in [0.15, 0.2) is 30.6 Å². The van der Waals surface area contributed by atoms with Crippen LogP contribution in [0.2, 0.25) is 0 Å². The van der Waals surface area contributed by atoms with E-state index in [9.17, 15) is 0 Å². The first-order valence-corrected chi connectivity index (χ1v) is 7.44. The predicted octanol–water partition coefficient (Wildman–Crippen LogP) is 3.70. The molecule has 0 bridgehead atoms. The second-order valence-electron chi connectivity index (χ2n) is 5.50. The molecule has 0 aliphatic carbocycles. The molecule has 1 aromatic heterocycles. The maximum absolute atomic E-state index is 6.01. The fourth-order valence-electron chi connectivity index (χ4n) is 2.49. The molecule has 0 amide bonds. The number of pyridine rings is 1. The second-order valence-corrected chi connectivity index (χ2v) is 5.50. The van der Waals surface area contributed by atoms with E-state index in [1.54, 1.807) is 0 Å². The SMILES string of the molecule is CCNCc1cc(C)c(OCc2cncc(C)c2)c(C)c1. The number of aryl methyl sites for hydroxylation is 3. The molecule has 1 N–H and O–H groups in total. The van der Waals surface area contributed by atoms with E-state index in [1.807, 2.05) is 19.3 Å². The van der Waals surface area contributed by atoms with Gasteiger partial charge in [0, 0.05) is 24.5 Å². The molecule has 0 radical (unpaired) electrons. The third-order valence-electron chi connectivity index (χ3n) is 3.41. The van der Waals surface area contributed by atoms with Crippen LogP contribution in [-0.4, -0.2) is 11.5 Å². The minimum Gasteiger partial charge on any atom is -0.488 e. The fourth-order valence-corrected chi connectivity index (χ4v) is 2.49. The normalized spacial score (nSPS) is 10.7. The Kier molecular flexibility index (Phi) is 5.34. The van der Waals surface area contributed by atoms with Crippen LogP contribution in [0.5, 0.6) is 5.75 Å². The molecular formula is C18H24N2O. The Morgan fingerprint density at radius 3 is 2.33 bits per heavy atom. The van der Waals surface area contributed by atoms with Gasteiger partial charge in [-0.2, -0.15) is 0 Å². The summed E-state index contributed by atoms with van der Waals surface area (Å²) >= 11 is 0. The second kappa shape index (κ2) is 7.23. The van der Waals surface area contributed by atoms with E-state index >= 15 is 0 Å². The van der Waals surface area contributed by atoms with Gasteiger partial charge in [-0.25, -0.2) is 0 Å². The number of rotatable bonds is 6. The lowest BCUT2D eigenvalue weighted by atomic mass is 10.1. The molecule has 0 aliphatic rings. The predicted molar refractivity (Wildman–Crippen MR) is 86.6 cm³/mol. The molecule has 0 unspecified atom stereocenters. The molecule has 2 aromatic rings. The van der Waals surface area contributed by atoms with Gasteiger partial charge in [0.1, 0.15) is 12.4 Å². The van der Waals surface area contributed by atoms with Crippen molar-refractivity contribution in [2.45, 2.75) is 40.8 Å². The molecule has 0 spiro atoms. The Labute approximate surface area is 127 Å². The van der Waals surface area contributed by atoms with Crippen molar-refractivity contribution >= 4 is 0 Å². The Hall–Kier alpha value is -1.87. The minimum absolute atomic E-state index is 0.558. The van der Waals surface area contributed by atoms with Gasteiger partial charge >= 0.3 is 0 Å². The number of ether oxygens (including phenoxy) is 1. The lowest BCUT2D eigenvalue weighted by molar-refractivity contribution is 0.301. The molecule has 3 nitrogen and oxygen atoms in total. The Bertz CT molecular complexity index is 585. The van der Waals surface area contributed by atoms with Gasteiger partial charge in [-0.15, -0.1) is 0 Å². The highest BCUT2D eigenvalue weighted by molar-refractivity contribution is 5.43. The molecule has 0 atom stereocenters. The number of nitrogens with one attached hydrogen (secondary N) is 1. The number of nitrogens with zero attached hydrogens (tertiary/aromatic N) is 1. The molecule has 0 saturated heterocycles. The van der Waals surface area contributed by atoms with Crippen molar-refractivity contribution < 1.29 is 4.74 Å². The molecule has 1 heterocycles. The van der Waals surface area contributed by atoms with Crippen LogP contribution in [0.4, 0.5) is 0 Å². The molecule has 0 fully saturated rings. The lowest BCUT2D eigenvalue weighted by Crippen LogP contribution is -2.12. The summed E-state index contributed by atoms with van der Waals surface area (Å²) < 4.78 is 6.01. The minimum atomic E-state index is 0.558. The zero-order valence-electron chi connectivity index (χ0n) is 13.4. The molecule has 2 rings (SSSR count). The van der Waals surface area contributed by atoms with Gasteiger partial charge in [0.25, 0.3) is 0 Å². The van der Waals surface area contributed by atoms with Crippen molar-refractivity contribution in [1.29, 1.82) is 0 Å². The van der Waals surface area contributed by atoms with E-state index in [1.165, 1.54) is 16.7 Å². The maximum Gasteiger partial charge on any atom is 0.125 e. The molecule has 3 heteroatoms. The summed E-state index contributed by atoms with van der Waals surface area (Å²) in [4.78, 5) is 4.20. The maximum atomic E-state index is 6.01. The first-order valence-electron chi connectivity index (χ1n) is 7.44. The van der Waals surface area contributed by atoms with Crippen molar-refractivity contribution in [3.05, 3.63) is 58.4 Å². The zero-order chi connectivity index (χ0) is 15.2. The van der Waals surface area contributed by atoms with Gasteiger partial charge in [-0.3, -0.25) is 4.98 Å². The molecule has 21 heavy (non-hydrogen) atoms. The van der Waals surface area contributed by atoms with Gasteiger partial charge in [0.05, 0.1) is 0 Å². The average Bonchev–Trinajstić information content (AvgIpc) is 2.44. The van der Waals surface area contributed by atoms with Crippen LogP contribution < -0.4 is 10.1 Å². The van der Waals surface area contributed by atoms with Crippen molar-refractivity contribution in [1.82, 2.24) is 10.3 Å². The summed E-state index contributed by atoms with van der Waals surface area (Å²) in [5.41, 5.74) is 5.93. The zero-order valence-corrected chi connectivity index (χ0v) is 13.4. The first kappa shape index (κ1) is 15.5. The van der Waals surface area contributed by atoms with E-state index in [0.717, 1.165) is 30.0 Å². The summed E-state index contributed by atoms with van der Waals surface area (Å²) in [5, 5.41) is 3.35. The summed E-state index contributed by atoms with van der Waals surface area (Å²) in [7, 11) is 0. The van der Waals surface area contributed by atoms with Crippen LogP contribution in [0.3, 0.4) is 0 Å². The summed E-state index contributed by atoms with van der Waals surface area (Å²) in [6.07, 6.45) is 3.72. The highest BCUT2D eigenvalue weighted by atomic mass is 16.5. The van der Waals surface area contributed by atoms with E-state index in [0.29, 0.717) is 6.61 Å². The number of hydrogen-bond donors (Lipinski definition) is 1.